The summed E-state index contributed by atoms with van der Waals surface area (Å²) >= 11 is 0. The molecule has 0 aromatic heterocycles. The van der Waals surface area contributed by atoms with Crippen LogP contribution in [-0.2, 0) is 9.59 Å². The van der Waals surface area contributed by atoms with Gasteiger partial charge >= 0.3 is 0 Å². The van der Waals surface area contributed by atoms with Gasteiger partial charge in [-0.2, -0.15) is 0 Å². The number of nitrogens with one attached hydrogen (secondary N) is 2. The zero-order chi connectivity index (χ0) is 20.9. The van der Waals surface area contributed by atoms with Crippen molar-refractivity contribution in [3.05, 3.63) is 54.1 Å². The molecule has 2 amide bonds. The molecule has 2 aromatic rings. The Hall–Kier alpha value is -2.82. The van der Waals surface area contributed by atoms with Crippen molar-refractivity contribution in [2.45, 2.75) is 58.0 Å². The highest BCUT2D eigenvalue weighted by atomic mass is 16.5. The van der Waals surface area contributed by atoms with Gasteiger partial charge in [-0.15, -0.1) is 0 Å². The van der Waals surface area contributed by atoms with Crippen LogP contribution in [0, 0.1) is 11.8 Å². The van der Waals surface area contributed by atoms with E-state index in [1.54, 1.807) is 6.07 Å². The van der Waals surface area contributed by atoms with Crippen LogP contribution in [0.3, 0.4) is 0 Å². The summed E-state index contributed by atoms with van der Waals surface area (Å²) in [4.78, 5) is 25.2. The standard InChI is InChI=1S/C25H30N2O3/c1-2-3-7-17-10-12-19(13-11-17)24(28)26-20-14-15-22-21(16-20)27-25(29)23(30-22)18-8-5-4-6-9-18/h4-6,8-9,14-17,19,23H,2-3,7,10-13H2,1H3,(H,26,28)(H,27,29). The molecule has 1 heterocycles. The first-order chi connectivity index (χ1) is 14.6. The Bertz CT molecular complexity index is 889. The highest BCUT2D eigenvalue weighted by Crippen LogP contribution is 2.37. The quantitative estimate of drug-likeness (QED) is 0.647. The lowest BCUT2D eigenvalue weighted by Crippen LogP contribution is -2.30. The van der Waals surface area contributed by atoms with E-state index < -0.39 is 6.10 Å². The largest absolute Gasteiger partial charge is 0.474 e. The van der Waals surface area contributed by atoms with E-state index in [1.165, 1.54) is 19.3 Å². The van der Waals surface area contributed by atoms with Crippen LogP contribution >= 0.6 is 0 Å². The second-order valence-electron chi connectivity index (χ2n) is 8.46. The van der Waals surface area contributed by atoms with E-state index in [4.69, 9.17) is 4.74 Å². The molecule has 2 aromatic carbocycles. The molecule has 4 rings (SSSR count). The molecule has 0 spiro atoms. The molecule has 0 saturated heterocycles. The summed E-state index contributed by atoms with van der Waals surface area (Å²) in [5, 5.41) is 5.94. The van der Waals surface area contributed by atoms with E-state index in [1.807, 2.05) is 42.5 Å². The Morgan fingerprint density at radius 1 is 1.10 bits per heavy atom. The fourth-order valence-electron chi connectivity index (χ4n) is 4.48. The normalized spacial score (nSPS) is 23.1. The fraction of sp³-hybridized carbons (Fsp3) is 0.440. The Morgan fingerprint density at radius 2 is 1.87 bits per heavy atom. The smallest absolute Gasteiger partial charge is 0.270 e. The van der Waals surface area contributed by atoms with Gasteiger partial charge in [0, 0.05) is 17.2 Å². The van der Waals surface area contributed by atoms with Gasteiger partial charge in [-0.1, -0.05) is 56.5 Å². The van der Waals surface area contributed by atoms with Crippen molar-refractivity contribution in [2.75, 3.05) is 10.6 Å². The predicted octanol–water partition coefficient (Wildman–Crippen LogP) is 5.69. The fourth-order valence-corrected chi connectivity index (χ4v) is 4.48. The molecule has 1 aliphatic carbocycles. The minimum Gasteiger partial charge on any atom is -0.474 e. The number of amides is 2. The van der Waals surface area contributed by atoms with Gasteiger partial charge < -0.3 is 15.4 Å². The molecule has 0 radical (unpaired) electrons. The summed E-state index contributed by atoms with van der Waals surface area (Å²) < 4.78 is 5.93. The number of carbonyl (C=O) groups is 2. The molecule has 0 bridgehead atoms. The third-order valence-corrected chi connectivity index (χ3v) is 6.27. The van der Waals surface area contributed by atoms with Crippen LogP contribution in [0.5, 0.6) is 5.75 Å². The minimum atomic E-state index is -0.665. The summed E-state index contributed by atoms with van der Waals surface area (Å²) in [5.41, 5.74) is 2.09. The van der Waals surface area contributed by atoms with Gasteiger partial charge in [-0.05, 0) is 49.8 Å². The van der Waals surface area contributed by atoms with Crippen LogP contribution in [-0.4, -0.2) is 11.8 Å². The second kappa shape index (κ2) is 9.33. The van der Waals surface area contributed by atoms with Gasteiger partial charge in [-0.3, -0.25) is 9.59 Å². The molecular formula is C25H30N2O3. The van der Waals surface area contributed by atoms with Crippen LogP contribution in [0.15, 0.2) is 48.5 Å². The summed E-state index contributed by atoms with van der Waals surface area (Å²) in [6.45, 7) is 2.23. The number of rotatable bonds is 6. The summed E-state index contributed by atoms with van der Waals surface area (Å²) in [6, 6.07) is 14.9. The predicted molar refractivity (Wildman–Crippen MR) is 118 cm³/mol. The molecule has 30 heavy (non-hydrogen) atoms. The SMILES string of the molecule is CCCCC1CCC(C(=O)Nc2ccc3c(c2)NC(=O)C(c2ccccc2)O3)CC1. The molecule has 2 aliphatic rings. The number of hydrogen-bond donors (Lipinski definition) is 2. The molecule has 1 unspecified atom stereocenters. The van der Waals surface area contributed by atoms with E-state index >= 15 is 0 Å². The Balaban J connectivity index is 1.37. The van der Waals surface area contributed by atoms with Gasteiger partial charge in [0.15, 0.2) is 0 Å². The van der Waals surface area contributed by atoms with Gasteiger partial charge in [0.2, 0.25) is 12.0 Å². The third kappa shape index (κ3) is 4.66. The lowest BCUT2D eigenvalue weighted by Gasteiger charge is -2.28. The molecule has 158 valence electrons. The molecule has 1 fully saturated rings. The first-order valence-corrected chi connectivity index (χ1v) is 11.1. The maximum Gasteiger partial charge on any atom is 0.270 e. The van der Waals surface area contributed by atoms with Crippen molar-refractivity contribution in [3.8, 4) is 5.75 Å². The minimum absolute atomic E-state index is 0.0761. The Morgan fingerprint density at radius 3 is 2.60 bits per heavy atom. The zero-order valence-electron chi connectivity index (χ0n) is 17.5. The van der Waals surface area contributed by atoms with Crippen molar-refractivity contribution in [2.24, 2.45) is 11.8 Å². The van der Waals surface area contributed by atoms with E-state index in [9.17, 15) is 9.59 Å². The summed E-state index contributed by atoms with van der Waals surface area (Å²) in [6.07, 6.45) is 7.37. The number of anilines is 2. The van der Waals surface area contributed by atoms with Gasteiger partial charge in [0.1, 0.15) is 5.75 Å². The van der Waals surface area contributed by atoms with Crippen molar-refractivity contribution in [1.82, 2.24) is 0 Å². The highest BCUT2D eigenvalue weighted by molar-refractivity contribution is 6.00. The topological polar surface area (TPSA) is 67.4 Å². The molecule has 1 aliphatic heterocycles. The monoisotopic (exact) mass is 406 g/mol. The van der Waals surface area contributed by atoms with E-state index in [0.29, 0.717) is 17.1 Å². The van der Waals surface area contributed by atoms with Crippen LogP contribution in [0.25, 0.3) is 0 Å². The number of benzene rings is 2. The van der Waals surface area contributed by atoms with Crippen molar-refractivity contribution < 1.29 is 14.3 Å². The van der Waals surface area contributed by atoms with E-state index in [2.05, 4.69) is 17.6 Å². The van der Waals surface area contributed by atoms with Crippen molar-refractivity contribution >= 4 is 23.2 Å². The van der Waals surface area contributed by atoms with E-state index in [0.717, 1.165) is 37.2 Å². The van der Waals surface area contributed by atoms with Crippen molar-refractivity contribution in [1.29, 1.82) is 0 Å². The lowest BCUT2D eigenvalue weighted by molar-refractivity contribution is -0.123. The van der Waals surface area contributed by atoms with Crippen LogP contribution < -0.4 is 15.4 Å². The van der Waals surface area contributed by atoms with Gasteiger partial charge in [0.05, 0.1) is 5.69 Å². The Kier molecular flexibility index (Phi) is 6.36. The lowest BCUT2D eigenvalue weighted by atomic mass is 9.79. The first kappa shape index (κ1) is 20.5. The van der Waals surface area contributed by atoms with Crippen molar-refractivity contribution in [3.63, 3.8) is 0 Å². The number of ether oxygens (including phenoxy) is 1. The van der Waals surface area contributed by atoms with E-state index in [-0.39, 0.29) is 17.7 Å². The highest BCUT2D eigenvalue weighted by Gasteiger charge is 2.30. The molecule has 2 N–H and O–H groups in total. The average Bonchev–Trinajstić information content (AvgIpc) is 2.78. The molecule has 1 saturated carbocycles. The van der Waals surface area contributed by atoms with Crippen LogP contribution in [0.2, 0.25) is 0 Å². The second-order valence-corrected chi connectivity index (χ2v) is 8.46. The summed E-state index contributed by atoms with van der Waals surface area (Å²) in [7, 11) is 0. The molecular weight excluding hydrogens is 376 g/mol. The Labute approximate surface area is 178 Å². The number of unbranched alkanes of at least 4 members (excludes halogenated alkanes) is 1. The molecule has 1 atom stereocenters. The van der Waals surface area contributed by atoms with Gasteiger partial charge in [0.25, 0.3) is 5.91 Å². The number of fused-ring (bicyclic) bond motifs is 1. The maximum absolute atomic E-state index is 12.7. The third-order valence-electron chi connectivity index (χ3n) is 6.27. The maximum atomic E-state index is 12.7. The molecule has 5 nitrogen and oxygen atoms in total. The number of hydrogen-bond acceptors (Lipinski definition) is 3. The zero-order valence-corrected chi connectivity index (χ0v) is 17.5. The average molecular weight is 407 g/mol. The van der Waals surface area contributed by atoms with Gasteiger partial charge in [-0.25, -0.2) is 0 Å². The summed E-state index contributed by atoms with van der Waals surface area (Å²) in [5.74, 6) is 1.34. The molecule has 5 heteroatoms. The number of carbonyl (C=O) groups excluding carboxylic acids is 2. The van der Waals surface area contributed by atoms with Crippen LogP contribution in [0.4, 0.5) is 11.4 Å². The van der Waals surface area contributed by atoms with Crippen LogP contribution in [0.1, 0.15) is 63.5 Å². The first-order valence-electron chi connectivity index (χ1n) is 11.1.